The third kappa shape index (κ3) is 5.06. The number of amides is 1. The molecule has 0 radical (unpaired) electrons. The van der Waals surface area contributed by atoms with Crippen molar-refractivity contribution in [3.63, 3.8) is 0 Å². The third-order valence-corrected chi connectivity index (χ3v) is 6.18. The van der Waals surface area contributed by atoms with Crippen LogP contribution in [0.1, 0.15) is 20.8 Å². The summed E-state index contributed by atoms with van der Waals surface area (Å²) < 4.78 is 5.29. The Balaban J connectivity index is 1.75. The normalized spacial score (nSPS) is 11.1. The lowest BCUT2D eigenvalue weighted by atomic mass is 10.1. The minimum absolute atomic E-state index is 0.0275. The van der Waals surface area contributed by atoms with E-state index < -0.39 is 0 Å². The van der Waals surface area contributed by atoms with Gasteiger partial charge in [0, 0.05) is 26.7 Å². The Morgan fingerprint density at radius 3 is 2.73 bits per heavy atom. The molecule has 1 aromatic carbocycles. The maximum Gasteiger partial charge on any atom is 0.264 e. The van der Waals surface area contributed by atoms with E-state index in [1.54, 1.807) is 18.3 Å². The first kappa shape index (κ1) is 22.0. The molecule has 0 atom stereocenters. The van der Waals surface area contributed by atoms with Gasteiger partial charge in [0.25, 0.3) is 5.91 Å². The molecule has 2 aromatic heterocycles. The van der Waals surface area contributed by atoms with E-state index in [1.807, 2.05) is 46.3 Å². The van der Waals surface area contributed by atoms with Crippen molar-refractivity contribution in [3.05, 3.63) is 46.6 Å². The molecule has 8 heteroatoms. The van der Waals surface area contributed by atoms with Gasteiger partial charge in [-0.3, -0.25) is 4.79 Å². The molecule has 2 heterocycles. The summed E-state index contributed by atoms with van der Waals surface area (Å²) in [5.74, 6) is 1.65. The minimum atomic E-state index is 0.0275. The summed E-state index contributed by atoms with van der Waals surface area (Å²) in [7, 11) is 7.52. The van der Waals surface area contributed by atoms with Crippen LogP contribution >= 0.6 is 11.3 Å². The predicted octanol–water partition coefficient (Wildman–Crippen LogP) is 3.30. The van der Waals surface area contributed by atoms with Crippen molar-refractivity contribution in [2.45, 2.75) is 13.3 Å². The fraction of sp³-hybridized carbons (Fsp3) is 0.409. The van der Waals surface area contributed by atoms with E-state index in [-0.39, 0.29) is 5.91 Å². The third-order valence-electron chi connectivity index (χ3n) is 4.99. The Hall–Kier alpha value is -2.71. The summed E-state index contributed by atoms with van der Waals surface area (Å²) in [6.07, 6.45) is 2.39. The summed E-state index contributed by atoms with van der Waals surface area (Å²) in [6.45, 7) is 4.20. The van der Waals surface area contributed by atoms with Crippen LogP contribution in [0.15, 0.2) is 30.6 Å². The van der Waals surface area contributed by atoms with Crippen LogP contribution in [0.2, 0.25) is 0 Å². The SMILES string of the molecule is COc1cccc(CCNc2ncnc3sc(C(=O)N(C)CCN(C)C)c(C)c23)c1. The number of nitrogens with one attached hydrogen (secondary N) is 1. The lowest BCUT2D eigenvalue weighted by Gasteiger charge is -2.19. The molecule has 3 rings (SSSR count). The van der Waals surface area contributed by atoms with Gasteiger partial charge in [-0.15, -0.1) is 11.3 Å². The number of anilines is 1. The summed E-state index contributed by atoms with van der Waals surface area (Å²) in [5, 5.41) is 4.35. The van der Waals surface area contributed by atoms with Crippen molar-refractivity contribution >= 4 is 33.3 Å². The fourth-order valence-corrected chi connectivity index (χ4v) is 4.33. The molecule has 7 nitrogen and oxygen atoms in total. The topological polar surface area (TPSA) is 70.6 Å². The van der Waals surface area contributed by atoms with Crippen molar-refractivity contribution < 1.29 is 9.53 Å². The second-order valence-electron chi connectivity index (χ2n) is 7.52. The number of thiophene rings is 1. The molecule has 0 saturated carbocycles. The van der Waals surface area contributed by atoms with E-state index in [0.717, 1.165) is 51.7 Å². The van der Waals surface area contributed by atoms with Crippen molar-refractivity contribution in [2.75, 3.05) is 53.2 Å². The van der Waals surface area contributed by atoms with Gasteiger partial charge >= 0.3 is 0 Å². The number of fused-ring (bicyclic) bond motifs is 1. The molecule has 0 saturated heterocycles. The van der Waals surface area contributed by atoms with Gasteiger partial charge in [-0.05, 0) is 50.7 Å². The molecule has 0 spiro atoms. The number of rotatable bonds is 9. The first-order valence-electron chi connectivity index (χ1n) is 9.91. The zero-order valence-corrected chi connectivity index (χ0v) is 19.0. The number of nitrogens with zero attached hydrogens (tertiary/aromatic N) is 4. The van der Waals surface area contributed by atoms with Gasteiger partial charge in [0.15, 0.2) is 0 Å². The van der Waals surface area contributed by atoms with Crippen LogP contribution in [0.5, 0.6) is 5.75 Å². The highest BCUT2D eigenvalue weighted by atomic mass is 32.1. The van der Waals surface area contributed by atoms with Crippen LogP contribution in [0.25, 0.3) is 10.2 Å². The Morgan fingerprint density at radius 1 is 1.20 bits per heavy atom. The number of ether oxygens (including phenoxy) is 1. The van der Waals surface area contributed by atoms with E-state index in [4.69, 9.17) is 4.74 Å². The average molecular weight is 428 g/mol. The summed E-state index contributed by atoms with van der Waals surface area (Å²) in [4.78, 5) is 27.2. The molecule has 30 heavy (non-hydrogen) atoms. The quantitative estimate of drug-likeness (QED) is 0.565. The number of hydrogen-bond acceptors (Lipinski definition) is 7. The number of likely N-dealkylation sites (N-methyl/N-ethyl adjacent to an activating group) is 2. The summed E-state index contributed by atoms with van der Waals surface area (Å²) in [5.41, 5.74) is 2.12. The van der Waals surface area contributed by atoms with E-state index in [0.29, 0.717) is 6.54 Å². The minimum Gasteiger partial charge on any atom is -0.497 e. The van der Waals surface area contributed by atoms with Crippen molar-refractivity contribution in [3.8, 4) is 5.75 Å². The Bertz CT molecular complexity index is 1020. The van der Waals surface area contributed by atoms with Crippen LogP contribution in [0.4, 0.5) is 5.82 Å². The van der Waals surface area contributed by atoms with Gasteiger partial charge in [0.1, 0.15) is 22.7 Å². The lowest BCUT2D eigenvalue weighted by molar-refractivity contribution is 0.0790. The van der Waals surface area contributed by atoms with E-state index in [2.05, 4.69) is 26.3 Å². The molecular weight excluding hydrogens is 398 g/mol. The number of carbonyl (C=O) groups is 1. The first-order valence-corrected chi connectivity index (χ1v) is 10.7. The molecule has 0 aliphatic rings. The van der Waals surface area contributed by atoms with Gasteiger partial charge < -0.3 is 19.9 Å². The molecule has 160 valence electrons. The van der Waals surface area contributed by atoms with E-state index in [9.17, 15) is 4.79 Å². The second kappa shape index (κ2) is 9.86. The average Bonchev–Trinajstić information content (AvgIpc) is 3.09. The van der Waals surface area contributed by atoms with Crippen LogP contribution in [-0.2, 0) is 6.42 Å². The highest BCUT2D eigenvalue weighted by Crippen LogP contribution is 2.33. The standard InChI is InChI=1S/C22H29N5O2S/c1-15-18-20(23-10-9-16-7-6-8-17(13-16)29-5)24-14-25-21(18)30-19(15)22(28)27(4)12-11-26(2)3/h6-8,13-14H,9-12H2,1-5H3,(H,23,24,25). The Morgan fingerprint density at radius 2 is 2.00 bits per heavy atom. The molecule has 0 fully saturated rings. The molecule has 3 aromatic rings. The molecule has 0 aliphatic heterocycles. The number of aryl methyl sites for hydroxylation is 1. The zero-order chi connectivity index (χ0) is 21.7. The maximum atomic E-state index is 13.0. The van der Waals surface area contributed by atoms with Gasteiger partial charge in [0.05, 0.1) is 17.4 Å². The highest BCUT2D eigenvalue weighted by Gasteiger charge is 2.21. The molecule has 0 unspecified atom stereocenters. The van der Waals surface area contributed by atoms with Crippen molar-refractivity contribution in [1.29, 1.82) is 0 Å². The number of carbonyl (C=O) groups excluding carboxylic acids is 1. The highest BCUT2D eigenvalue weighted by molar-refractivity contribution is 7.20. The molecular formula is C22H29N5O2S. The van der Waals surface area contributed by atoms with Crippen molar-refractivity contribution in [2.24, 2.45) is 0 Å². The molecule has 1 N–H and O–H groups in total. The Kier molecular flexibility index (Phi) is 7.23. The van der Waals surface area contributed by atoms with Gasteiger partial charge in [0.2, 0.25) is 0 Å². The van der Waals surface area contributed by atoms with Crippen LogP contribution in [0, 0.1) is 6.92 Å². The second-order valence-corrected chi connectivity index (χ2v) is 8.52. The number of methoxy groups -OCH3 is 1. The van der Waals surface area contributed by atoms with E-state index in [1.165, 1.54) is 16.9 Å². The smallest absolute Gasteiger partial charge is 0.264 e. The zero-order valence-electron chi connectivity index (χ0n) is 18.2. The van der Waals surface area contributed by atoms with Gasteiger partial charge in [-0.25, -0.2) is 9.97 Å². The van der Waals surface area contributed by atoms with Gasteiger partial charge in [-0.2, -0.15) is 0 Å². The van der Waals surface area contributed by atoms with Crippen LogP contribution in [0.3, 0.4) is 0 Å². The number of benzene rings is 1. The number of aromatic nitrogens is 2. The van der Waals surface area contributed by atoms with Crippen LogP contribution in [-0.4, -0.2) is 73.6 Å². The van der Waals surface area contributed by atoms with Crippen molar-refractivity contribution in [1.82, 2.24) is 19.8 Å². The van der Waals surface area contributed by atoms with E-state index >= 15 is 0 Å². The van der Waals surface area contributed by atoms with Crippen LogP contribution < -0.4 is 10.1 Å². The Labute approximate surface area is 181 Å². The fourth-order valence-electron chi connectivity index (χ4n) is 3.19. The summed E-state index contributed by atoms with van der Waals surface area (Å²) >= 11 is 1.43. The monoisotopic (exact) mass is 427 g/mol. The van der Waals surface area contributed by atoms with Gasteiger partial charge in [-0.1, -0.05) is 12.1 Å². The summed E-state index contributed by atoms with van der Waals surface area (Å²) in [6, 6.07) is 8.04. The maximum absolute atomic E-state index is 13.0. The lowest BCUT2D eigenvalue weighted by Crippen LogP contribution is -2.33. The largest absolute Gasteiger partial charge is 0.497 e. The molecule has 0 aliphatic carbocycles. The predicted molar refractivity (Wildman–Crippen MR) is 123 cm³/mol. The molecule has 0 bridgehead atoms. The number of hydrogen-bond donors (Lipinski definition) is 1. The molecule has 1 amide bonds. The first-order chi connectivity index (χ1) is 14.4.